The van der Waals surface area contributed by atoms with Gasteiger partial charge in [-0.3, -0.25) is 9.88 Å². The predicted octanol–water partition coefficient (Wildman–Crippen LogP) is 3.06. The van der Waals surface area contributed by atoms with Crippen LogP contribution in [0.15, 0.2) is 42.5 Å². The van der Waals surface area contributed by atoms with Crippen molar-refractivity contribution < 1.29 is 0 Å². The predicted molar refractivity (Wildman–Crippen MR) is 85.9 cm³/mol. The first-order valence-corrected chi connectivity index (χ1v) is 7.65. The first-order valence-electron chi connectivity index (χ1n) is 7.65. The molecular formula is C18H23N3. The van der Waals surface area contributed by atoms with Gasteiger partial charge in [-0.15, -0.1) is 0 Å². The van der Waals surface area contributed by atoms with Crippen LogP contribution < -0.4 is 5.32 Å². The summed E-state index contributed by atoms with van der Waals surface area (Å²) < 4.78 is 0. The minimum absolute atomic E-state index is 0.457. The molecule has 0 bridgehead atoms. The molecule has 1 aromatic heterocycles. The Balaban J connectivity index is 1.82. The molecule has 0 saturated heterocycles. The van der Waals surface area contributed by atoms with Crippen LogP contribution in [-0.2, 0) is 13.1 Å². The second-order valence-corrected chi connectivity index (χ2v) is 5.87. The van der Waals surface area contributed by atoms with Crippen molar-refractivity contribution in [3.63, 3.8) is 0 Å². The van der Waals surface area contributed by atoms with E-state index in [0.717, 1.165) is 37.4 Å². The molecule has 0 radical (unpaired) electrons. The van der Waals surface area contributed by atoms with Crippen LogP contribution in [0.4, 0.5) is 0 Å². The number of fused-ring (bicyclic) bond motifs is 1. The molecule has 0 amide bonds. The van der Waals surface area contributed by atoms with Crippen LogP contribution >= 0.6 is 0 Å². The third-order valence-corrected chi connectivity index (χ3v) is 4.21. The number of benzene rings is 1. The standard InChI is InChI=1S/C18H23N3/c1-14-6-5-8-16(20-14)13-21(2)18-10-11-19-12-15-7-3-4-9-17(15)18/h3-9,18-19H,10-13H2,1-2H3. The lowest BCUT2D eigenvalue weighted by Crippen LogP contribution is -2.26. The number of nitrogens with one attached hydrogen (secondary N) is 1. The lowest BCUT2D eigenvalue weighted by atomic mass is 9.98. The highest BCUT2D eigenvalue weighted by molar-refractivity contribution is 5.31. The zero-order valence-corrected chi connectivity index (χ0v) is 12.8. The average molecular weight is 281 g/mol. The van der Waals surface area contributed by atoms with Gasteiger partial charge in [-0.2, -0.15) is 0 Å². The van der Waals surface area contributed by atoms with Crippen molar-refractivity contribution in [2.75, 3.05) is 13.6 Å². The highest BCUT2D eigenvalue weighted by Crippen LogP contribution is 2.29. The quantitative estimate of drug-likeness (QED) is 0.937. The van der Waals surface area contributed by atoms with E-state index < -0.39 is 0 Å². The summed E-state index contributed by atoms with van der Waals surface area (Å²) in [5, 5.41) is 3.52. The van der Waals surface area contributed by atoms with E-state index in [0.29, 0.717) is 6.04 Å². The Morgan fingerprint density at radius 2 is 2.05 bits per heavy atom. The highest BCUT2D eigenvalue weighted by Gasteiger charge is 2.22. The maximum absolute atomic E-state index is 4.63. The van der Waals surface area contributed by atoms with Crippen molar-refractivity contribution in [1.82, 2.24) is 15.2 Å². The molecule has 3 nitrogen and oxygen atoms in total. The maximum Gasteiger partial charge on any atom is 0.0547 e. The van der Waals surface area contributed by atoms with Crippen molar-refractivity contribution in [3.8, 4) is 0 Å². The number of rotatable bonds is 3. The van der Waals surface area contributed by atoms with Gasteiger partial charge in [0, 0.05) is 24.8 Å². The second kappa shape index (κ2) is 6.37. The largest absolute Gasteiger partial charge is 0.313 e. The molecule has 0 saturated carbocycles. The normalized spacial score (nSPS) is 18.3. The van der Waals surface area contributed by atoms with Crippen LogP contribution in [0.3, 0.4) is 0 Å². The Hall–Kier alpha value is -1.71. The molecule has 1 N–H and O–H groups in total. The summed E-state index contributed by atoms with van der Waals surface area (Å²) in [5.41, 5.74) is 5.11. The molecule has 1 aliphatic heterocycles. The summed E-state index contributed by atoms with van der Waals surface area (Å²) in [6.45, 7) is 4.98. The Kier molecular flexibility index (Phi) is 4.32. The van der Waals surface area contributed by atoms with E-state index in [2.05, 4.69) is 58.6 Å². The third-order valence-electron chi connectivity index (χ3n) is 4.21. The van der Waals surface area contributed by atoms with Crippen molar-refractivity contribution in [2.45, 2.75) is 32.5 Å². The van der Waals surface area contributed by atoms with Gasteiger partial charge in [0.1, 0.15) is 0 Å². The summed E-state index contributed by atoms with van der Waals surface area (Å²) in [7, 11) is 2.21. The summed E-state index contributed by atoms with van der Waals surface area (Å²) >= 11 is 0. The van der Waals surface area contributed by atoms with Crippen molar-refractivity contribution in [2.24, 2.45) is 0 Å². The minimum Gasteiger partial charge on any atom is -0.313 e. The van der Waals surface area contributed by atoms with E-state index in [4.69, 9.17) is 0 Å². The Morgan fingerprint density at radius 3 is 2.90 bits per heavy atom. The third kappa shape index (κ3) is 3.31. The monoisotopic (exact) mass is 281 g/mol. The fraction of sp³-hybridized carbons (Fsp3) is 0.389. The molecule has 2 aromatic rings. The van der Waals surface area contributed by atoms with Crippen LogP contribution in [0.2, 0.25) is 0 Å². The molecule has 1 aromatic carbocycles. The van der Waals surface area contributed by atoms with E-state index >= 15 is 0 Å². The number of nitrogens with zero attached hydrogens (tertiary/aromatic N) is 2. The number of pyridine rings is 1. The Labute approximate surface area is 127 Å². The van der Waals surface area contributed by atoms with Crippen molar-refractivity contribution in [1.29, 1.82) is 0 Å². The average Bonchev–Trinajstić information content (AvgIpc) is 2.69. The van der Waals surface area contributed by atoms with E-state index in [1.807, 2.05) is 13.0 Å². The van der Waals surface area contributed by atoms with Gasteiger partial charge in [-0.25, -0.2) is 0 Å². The van der Waals surface area contributed by atoms with Gasteiger partial charge in [0.25, 0.3) is 0 Å². The number of hydrogen-bond donors (Lipinski definition) is 1. The summed E-state index contributed by atoms with van der Waals surface area (Å²) in [6, 6.07) is 15.5. The molecule has 1 atom stereocenters. The second-order valence-electron chi connectivity index (χ2n) is 5.87. The Morgan fingerprint density at radius 1 is 1.19 bits per heavy atom. The topological polar surface area (TPSA) is 28.2 Å². The van der Waals surface area contributed by atoms with Crippen LogP contribution in [0.5, 0.6) is 0 Å². The molecule has 0 fully saturated rings. The van der Waals surface area contributed by atoms with Gasteiger partial charge in [-0.1, -0.05) is 30.3 Å². The van der Waals surface area contributed by atoms with E-state index in [9.17, 15) is 0 Å². The number of aromatic nitrogens is 1. The van der Waals surface area contributed by atoms with Gasteiger partial charge >= 0.3 is 0 Å². The highest BCUT2D eigenvalue weighted by atomic mass is 15.1. The van der Waals surface area contributed by atoms with E-state index in [1.54, 1.807) is 0 Å². The van der Waals surface area contributed by atoms with E-state index in [1.165, 1.54) is 11.1 Å². The SMILES string of the molecule is Cc1cccc(CN(C)C2CCNCc3ccccc32)n1. The molecule has 2 heterocycles. The summed E-state index contributed by atoms with van der Waals surface area (Å²) in [6.07, 6.45) is 1.14. The molecule has 0 aliphatic carbocycles. The molecule has 0 spiro atoms. The Bertz CT molecular complexity index is 609. The number of aryl methyl sites for hydroxylation is 1. The number of hydrogen-bond acceptors (Lipinski definition) is 3. The van der Waals surface area contributed by atoms with Gasteiger partial charge in [0.15, 0.2) is 0 Å². The molecule has 1 unspecified atom stereocenters. The first kappa shape index (κ1) is 14.2. The lowest BCUT2D eigenvalue weighted by molar-refractivity contribution is 0.224. The van der Waals surface area contributed by atoms with Gasteiger partial charge < -0.3 is 5.32 Å². The molecule has 21 heavy (non-hydrogen) atoms. The van der Waals surface area contributed by atoms with Crippen LogP contribution in [0.25, 0.3) is 0 Å². The molecule has 3 rings (SSSR count). The first-order chi connectivity index (χ1) is 10.2. The minimum atomic E-state index is 0.457. The summed E-state index contributed by atoms with van der Waals surface area (Å²) in [5.74, 6) is 0. The zero-order valence-electron chi connectivity index (χ0n) is 12.8. The smallest absolute Gasteiger partial charge is 0.0547 e. The van der Waals surface area contributed by atoms with Gasteiger partial charge in [-0.05, 0) is 50.2 Å². The molecule has 110 valence electrons. The lowest BCUT2D eigenvalue weighted by Gasteiger charge is -2.28. The molecule has 1 aliphatic rings. The van der Waals surface area contributed by atoms with Crippen molar-refractivity contribution >= 4 is 0 Å². The molecular weight excluding hydrogens is 258 g/mol. The molecule has 3 heteroatoms. The van der Waals surface area contributed by atoms with Crippen LogP contribution in [-0.4, -0.2) is 23.5 Å². The fourth-order valence-corrected chi connectivity index (χ4v) is 3.15. The maximum atomic E-state index is 4.63. The van der Waals surface area contributed by atoms with Gasteiger partial charge in [0.05, 0.1) is 5.69 Å². The fourth-order valence-electron chi connectivity index (χ4n) is 3.15. The van der Waals surface area contributed by atoms with Crippen LogP contribution in [0.1, 0.15) is 35.0 Å². The van der Waals surface area contributed by atoms with E-state index in [-0.39, 0.29) is 0 Å². The summed E-state index contributed by atoms with van der Waals surface area (Å²) in [4.78, 5) is 7.05. The van der Waals surface area contributed by atoms with Gasteiger partial charge in [0.2, 0.25) is 0 Å². The zero-order chi connectivity index (χ0) is 14.7. The van der Waals surface area contributed by atoms with Crippen molar-refractivity contribution in [3.05, 3.63) is 65.0 Å². The van der Waals surface area contributed by atoms with Crippen LogP contribution in [0, 0.1) is 6.92 Å².